The standard InChI is InChI=1S/C4H5N3O2.C3H6.C2H6/c1-7-4(9)6-3(8)2-5-7;1-3-2;1-2/h2H,1H3,(H,6,8,9);3H,1H2,2H3;1-2H3. The fourth-order valence-electron chi connectivity index (χ4n) is 0.410. The summed E-state index contributed by atoms with van der Waals surface area (Å²) in [5.74, 6) is 0. The number of H-pyrrole nitrogens is 1. The van der Waals surface area contributed by atoms with Gasteiger partial charge in [0, 0.05) is 7.05 Å². The van der Waals surface area contributed by atoms with E-state index in [-0.39, 0.29) is 0 Å². The number of rotatable bonds is 0. The number of aryl methyl sites for hydroxylation is 1. The Hall–Kier alpha value is -1.65. The topological polar surface area (TPSA) is 67.8 Å². The highest BCUT2D eigenvalue weighted by molar-refractivity contribution is 4.67. The summed E-state index contributed by atoms with van der Waals surface area (Å²) in [6.45, 7) is 9.25. The zero-order valence-electron chi connectivity index (χ0n) is 9.07. The SMILES string of the molecule is C=CC.CC.Cn1ncc(=O)[nH]c1=O. The number of nitrogens with one attached hydrogen (secondary N) is 1. The zero-order chi connectivity index (χ0) is 11.6. The molecule has 0 saturated carbocycles. The molecule has 14 heavy (non-hydrogen) atoms. The number of aromatic amines is 1. The lowest BCUT2D eigenvalue weighted by atomic mass is 10.8. The molecule has 0 unspecified atom stereocenters. The number of hydrogen-bond acceptors (Lipinski definition) is 3. The van der Waals surface area contributed by atoms with E-state index >= 15 is 0 Å². The van der Waals surface area contributed by atoms with Crippen LogP contribution >= 0.6 is 0 Å². The molecule has 1 heterocycles. The van der Waals surface area contributed by atoms with Crippen molar-refractivity contribution in [1.29, 1.82) is 0 Å². The van der Waals surface area contributed by atoms with E-state index in [9.17, 15) is 9.59 Å². The maximum absolute atomic E-state index is 10.5. The normalized spacial score (nSPS) is 7.43. The lowest BCUT2D eigenvalue weighted by molar-refractivity contribution is 0.665. The molecular formula is C9H17N3O2. The van der Waals surface area contributed by atoms with Gasteiger partial charge in [-0.05, 0) is 6.92 Å². The Kier molecular flexibility index (Phi) is 10.0. The third-order valence-electron chi connectivity index (χ3n) is 0.872. The van der Waals surface area contributed by atoms with E-state index in [1.165, 1.54) is 7.05 Å². The second-order valence-corrected chi connectivity index (χ2v) is 1.97. The molecule has 0 radical (unpaired) electrons. The number of nitrogens with zero attached hydrogens (tertiary/aromatic N) is 2. The molecule has 0 fully saturated rings. The molecule has 1 aromatic heterocycles. The summed E-state index contributed by atoms with van der Waals surface area (Å²) < 4.78 is 1.04. The predicted molar refractivity (Wildman–Crippen MR) is 57.3 cm³/mol. The summed E-state index contributed by atoms with van der Waals surface area (Å²) in [4.78, 5) is 22.8. The molecule has 1 N–H and O–H groups in total. The molecule has 0 aromatic carbocycles. The molecule has 1 rings (SSSR count). The van der Waals surface area contributed by atoms with Gasteiger partial charge in [-0.25, -0.2) is 9.48 Å². The highest BCUT2D eigenvalue weighted by atomic mass is 16.2. The summed E-state index contributed by atoms with van der Waals surface area (Å²) in [5, 5.41) is 3.44. The molecule has 0 aliphatic carbocycles. The van der Waals surface area contributed by atoms with Gasteiger partial charge in [-0.15, -0.1) is 6.58 Å². The van der Waals surface area contributed by atoms with Gasteiger partial charge < -0.3 is 0 Å². The van der Waals surface area contributed by atoms with Gasteiger partial charge in [0.1, 0.15) is 6.20 Å². The van der Waals surface area contributed by atoms with Crippen LogP contribution in [0.15, 0.2) is 28.4 Å². The van der Waals surface area contributed by atoms with E-state index < -0.39 is 11.2 Å². The minimum Gasteiger partial charge on any atom is -0.271 e. The van der Waals surface area contributed by atoms with Crippen molar-refractivity contribution in [3.8, 4) is 0 Å². The summed E-state index contributed by atoms with van der Waals surface area (Å²) in [6.07, 6.45) is 2.79. The van der Waals surface area contributed by atoms with Gasteiger partial charge in [-0.1, -0.05) is 19.9 Å². The van der Waals surface area contributed by atoms with Crippen LogP contribution in [0.3, 0.4) is 0 Å². The molecule has 0 saturated heterocycles. The Labute approximate surface area is 83.1 Å². The van der Waals surface area contributed by atoms with E-state index in [1.54, 1.807) is 6.08 Å². The summed E-state index contributed by atoms with van der Waals surface area (Å²) in [7, 11) is 1.46. The maximum Gasteiger partial charge on any atom is 0.344 e. The monoisotopic (exact) mass is 199 g/mol. The second kappa shape index (κ2) is 9.44. The lowest BCUT2D eigenvalue weighted by Crippen LogP contribution is -2.29. The van der Waals surface area contributed by atoms with Gasteiger partial charge in [-0.3, -0.25) is 9.78 Å². The Morgan fingerprint density at radius 1 is 1.50 bits per heavy atom. The van der Waals surface area contributed by atoms with Gasteiger partial charge in [0.15, 0.2) is 0 Å². The van der Waals surface area contributed by atoms with E-state index in [0.717, 1.165) is 10.9 Å². The molecule has 0 atom stereocenters. The fraction of sp³-hybridized carbons (Fsp3) is 0.444. The van der Waals surface area contributed by atoms with Crippen molar-refractivity contribution in [2.45, 2.75) is 20.8 Å². The predicted octanol–water partition coefficient (Wildman–Crippen LogP) is 0.687. The third-order valence-corrected chi connectivity index (χ3v) is 0.872. The van der Waals surface area contributed by atoms with Gasteiger partial charge >= 0.3 is 5.69 Å². The van der Waals surface area contributed by atoms with Crippen LogP contribution in [0.1, 0.15) is 20.8 Å². The van der Waals surface area contributed by atoms with Crippen LogP contribution in [0.2, 0.25) is 0 Å². The highest BCUT2D eigenvalue weighted by Crippen LogP contribution is 1.51. The second-order valence-electron chi connectivity index (χ2n) is 1.97. The van der Waals surface area contributed by atoms with Gasteiger partial charge in [0.2, 0.25) is 0 Å². The maximum atomic E-state index is 10.5. The van der Waals surface area contributed by atoms with Crippen LogP contribution in [-0.2, 0) is 7.05 Å². The smallest absolute Gasteiger partial charge is 0.271 e. The van der Waals surface area contributed by atoms with Crippen molar-refractivity contribution in [2.24, 2.45) is 7.05 Å². The summed E-state index contributed by atoms with van der Waals surface area (Å²) in [6, 6.07) is 0. The summed E-state index contributed by atoms with van der Waals surface area (Å²) >= 11 is 0. The van der Waals surface area contributed by atoms with Crippen LogP contribution in [0, 0.1) is 0 Å². The highest BCUT2D eigenvalue weighted by Gasteiger charge is 1.87. The minimum atomic E-state index is -0.498. The average Bonchev–Trinajstić information content (AvgIpc) is 2.17. The molecule has 80 valence electrons. The molecule has 0 aliphatic rings. The van der Waals surface area contributed by atoms with Crippen LogP contribution < -0.4 is 11.2 Å². The number of hydrogen-bond donors (Lipinski definition) is 1. The van der Waals surface area contributed by atoms with E-state index in [2.05, 4.69) is 11.7 Å². The summed E-state index contributed by atoms with van der Waals surface area (Å²) in [5.41, 5.74) is -0.972. The first kappa shape index (κ1) is 14.9. The average molecular weight is 199 g/mol. The van der Waals surface area contributed by atoms with Crippen LogP contribution in [0.25, 0.3) is 0 Å². The molecule has 1 aromatic rings. The van der Waals surface area contributed by atoms with Crippen molar-refractivity contribution in [2.75, 3.05) is 0 Å². The first-order valence-electron chi connectivity index (χ1n) is 4.31. The van der Waals surface area contributed by atoms with Crippen molar-refractivity contribution in [3.05, 3.63) is 39.7 Å². The van der Waals surface area contributed by atoms with Crippen LogP contribution in [-0.4, -0.2) is 14.8 Å². The molecule has 0 amide bonds. The van der Waals surface area contributed by atoms with Crippen molar-refractivity contribution >= 4 is 0 Å². The minimum absolute atomic E-state index is 0.474. The zero-order valence-corrected chi connectivity index (χ0v) is 9.07. The van der Waals surface area contributed by atoms with Crippen molar-refractivity contribution in [3.63, 3.8) is 0 Å². The number of allylic oxidation sites excluding steroid dienone is 1. The molecular weight excluding hydrogens is 182 g/mol. The Bertz CT molecular complexity index is 352. The van der Waals surface area contributed by atoms with Crippen LogP contribution in [0.4, 0.5) is 0 Å². The van der Waals surface area contributed by atoms with Crippen LogP contribution in [0.5, 0.6) is 0 Å². The first-order chi connectivity index (χ1) is 6.61. The first-order valence-corrected chi connectivity index (χ1v) is 4.31. The van der Waals surface area contributed by atoms with E-state index in [0.29, 0.717) is 0 Å². The van der Waals surface area contributed by atoms with E-state index in [1.807, 2.05) is 25.8 Å². The molecule has 0 aliphatic heterocycles. The Morgan fingerprint density at radius 2 is 1.93 bits per heavy atom. The lowest BCUT2D eigenvalue weighted by Gasteiger charge is -1.88. The molecule has 5 nitrogen and oxygen atoms in total. The third kappa shape index (κ3) is 7.02. The van der Waals surface area contributed by atoms with E-state index in [4.69, 9.17) is 0 Å². The van der Waals surface area contributed by atoms with Gasteiger partial charge in [0.05, 0.1) is 0 Å². The van der Waals surface area contributed by atoms with Crippen molar-refractivity contribution in [1.82, 2.24) is 14.8 Å². The largest absolute Gasteiger partial charge is 0.344 e. The molecule has 0 spiro atoms. The molecule has 5 heteroatoms. The molecule has 0 bridgehead atoms. The Morgan fingerprint density at radius 3 is 2.21 bits per heavy atom. The quantitative estimate of drug-likeness (QED) is 0.625. The van der Waals surface area contributed by atoms with Crippen molar-refractivity contribution < 1.29 is 0 Å². The Balaban J connectivity index is 0. The van der Waals surface area contributed by atoms with Gasteiger partial charge in [0.25, 0.3) is 5.56 Å². The van der Waals surface area contributed by atoms with Gasteiger partial charge in [-0.2, -0.15) is 5.10 Å². The fourth-order valence-corrected chi connectivity index (χ4v) is 0.410. The number of aromatic nitrogens is 3.